The van der Waals surface area contributed by atoms with E-state index in [4.69, 9.17) is 17.3 Å². The van der Waals surface area contributed by atoms with Gasteiger partial charge in [0.1, 0.15) is 5.15 Å². The van der Waals surface area contributed by atoms with Gasteiger partial charge in [0.25, 0.3) is 0 Å². The second-order valence-electron chi connectivity index (χ2n) is 3.04. The van der Waals surface area contributed by atoms with Crippen LogP contribution in [0.15, 0.2) is 16.6 Å². The van der Waals surface area contributed by atoms with Gasteiger partial charge in [0.15, 0.2) is 5.13 Å². The third kappa shape index (κ3) is 2.84. The molecular formula is C9H9ClN4S2. The number of nitrogens with two attached hydrogens (primary N) is 1. The molecule has 0 aliphatic carbocycles. The van der Waals surface area contributed by atoms with Crippen LogP contribution >= 0.6 is 34.7 Å². The van der Waals surface area contributed by atoms with Crippen LogP contribution in [0.25, 0.3) is 0 Å². The summed E-state index contributed by atoms with van der Waals surface area (Å²) >= 11 is 8.80. The predicted molar refractivity (Wildman–Crippen MR) is 67.9 cm³/mol. The molecule has 0 amide bonds. The van der Waals surface area contributed by atoms with Crippen molar-refractivity contribution in [2.75, 3.05) is 5.73 Å². The molecule has 0 radical (unpaired) electrons. The Morgan fingerprint density at radius 1 is 1.44 bits per heavy atom. The van der Waals surface area contributed by atoms with Gasteiger partial charge in [-0.3, -0.25) is 4.98 Å². The summed E-state index contributed by atoms with van der Waals surface area (Å²) in [7, 11) is 0. The van der Waals surface area contributed by atoms with E-state index in [-0.39, 0.29) is 0 Å². The monoisotopic (exact) mass is 272 g/mol. The number of thiazole rings is 1. The van der Waals surface area contributed by atoms with Gasteiger partial charge in [-0.2, -0.15) is 0 Å². The first-order chi connectivity index (χ1) is 7.65. The Balaban J connectivity index is 2.02. The van der Waals surface area contributed by atoms with Crippen LogP contribution in [0.4, 0.5) is 5.13 Å². The van der Waals surface area contributed by atoms with Gasteiger partial charge in [-0.05, 0) is 6.92 Å². The Labute approximate surface area is 106 Å². The summed E-state index contributed by atoms with van der Waals surface area (Å²) in [5, 5.41) is 1.01. The van der Waals surface area contributed by atoms with Crippen molar-refractivity contribution in [3.63, 3.8) is 0 Å². The molecule has 0 saturated heterocycles. The van der Waals surface area contributed by atoms with Crippen molar-refractivity contribution in [2.45, 2.75) is 16.9 Å². The molecule has 16 heavy (non-hydrogen) atoms. The van der Waals surface area contributed by atoms with Crippen LogP contribution < -0.4 is 5.73 Å². The minimum absolute atomic E-state index is 0.409. The lowest BCUT2D eigenvalue weighted by molar-refractivity contribution is 1.10. The van der Waals surface area contributed by atoms with Crippen LogP contribution in [0.3, 0.4) is 0 Å². The lowest BCUT2D eigenvalue weighted by Crippen LogP contribution is -1.88. The number of hydrogen-bond donors (Lipinski definition) is 1. The number of aromatic nitrogens is 3. The molecule has 0 fully saturated rings. The molecule has 0 bridgehead atoms. The van der Waals surface area contributed by atoms with E-state index in [1.54, 1.807) is 24.2 Å². The first-order valence-corrected chi connectivity index (χ1v) is 6.65. The Hall–Kier alpha value is -0.850. The first-order valence-electron chi connectivity index (χ1n) is 4.47. The largest absolute Gasteiger partial charge is 0.375 e. The van der Waals surface area contributed by atoms with Gasteiger partial charge in [-0.15, -0.1) is 11.8 Å². The fourth-order valence-electron chi connectivity index (χ4n) is 1.09. The number of nitrogen functional groups attached to an aromatic ring is 1. The van der Waals surface area contributed by atoms with E-state index in [9.17, 15) is 0 Å². The van der Waals surface area contributed by atoms with Gasteiger partial charge in [-0.1, -0.05) is 22.9 Å². The van der Waals surface area contributed by atoms with Crippen molar-refractivity contribution in [3.05, 3.63) is 28.9 Å². The van der Waals surface area contributed by atoms with E-state index in [0.29, 0.717) is 10.3 Å². The van der Waals surface area contributed by atoms with Gasteiger partial charge in [-0.25, -0.2) is 9.97 Å². The van der Waals surface area contributed by atoms with Crippen LogP contribution in [0, 0.1) is 6.92 Å². The smallest absolute Gasteiger partial charge is 0.181 e. The van der Waals surface area contributed by atoms with Crippen molar-refractivity contribution in [2.24, 2.45) is 0 Å². The lowest BCUT2D eigenvalue weighted by Gasteiger charge is -1.98. The summed E-state index contributed by atoms with van der Waals surface area (Å²) in [5.74, 6) is 0.743. The number of anilines is 1. The van der Waals surface area contributed by atoms with E-state index in [1.165, 1.54) is 11.3 Å². The SMILES string of the molecule is Cc1nc(N)sc1SCc1cnc(Cl)cn1. The van der Waals surface area contributed by atoms with E-state index in [2.05, 4.69) is 15.0 Å². The molecule has 4 nitrogen and oxygen atoms in total. The molecular weight excluding hydrogens is 264 g/mol. The van der Waals surface area contributed by atoms with Crippen molar-refractivity contribution < 1.29 is 0 Å². The fraction of sp³-hybridized carbons (Fsp3) is 0.222. The normalized spacial score (nSPS) is 10.6. The van der Waals surface area contributed by atoms with Crippen molar-refractivity contribution >= 4 is 39.8 Å². The Bertz CT molecular complexity index is 483. The minimum Gasteiger partial charge on any atom is -0.375 e. The van der Waals surface area contributed by atoms with Crippen molar-refractivity contribution in [1.29, 1.82) is 0 Å². The zero-order chi connectivity index (χ0) is 11.5. The highest BCUT2D eigenvalue weighted by molar-refractivity contribution is 8.00. The molecule has 2 rings (SSSR count). The maximum Gasteiger partial charge on any atom is 0.181 e. The predicted octanol–water partition coefficient (Wildman–Crippen LogP) is 2.77. The molecule has 7 heteroatoms. The number of aryl methyl sites for hydroxylation is 1. The van der Waals surface area contributed by atoms with Gasteiger partial charge in [0, 0.05) is 5.75 Å². The quantitative estimate of drug-likeness (QED) is 0.871. The van der Waals surface area contributed by atoms with E-state index < -0.39 is 0 Å². The molecule has 0 atom stereocenters. The van der Waals surface area contributed by atoms with Crippen LogP contribution in [-0.2, 0) is 5.75 Å². The zero-order valence-corrected chi connectivity index (χ0v) is 10.9. The Kier molecular flexibility index (Phi) is 3.63. The molecule has 2 heterocycles. The molecule has 84 valence electrons. The molecule has 0 aliphatic heterocycles. The average molecular weight is 273 g/mol. The van der Waals surface area contributed by atoms with Gasteiger partial charge in [0.2, 0.25) is 0 Å². The van der Waals surface area contributed by atoms with Crippen LogP contribution in [-0.4, -0.2) is 15.0 Å². The molecule has 0 saturated carbocycles. The van der Waals surface area contributed by atoms with E-state index >= 15 is 0 Å². The molecule has 0 spiro atoms. The summed E-state index contributed by atoms with van der Waals surface area (Å²) in [6, 6.07) is 0. The van der Waals surface area contributed by atoms with E-state index in [1.807, 2.05) is 6.92 Å². The summed E-state index contributed by atoms with van der Waals surface area (Å²) in [6.45, 7) is 1.95. The Morgan fingerprint density at radius 2 is 2.25 bits per heavy atom. The first kappa shape index (κ1) is 11.6. The zero-order valence-electron chi connectivity index (χ0n) is 8.48. The van der Waals surface area contributed by atoms with Gasteiger partial charge >= 0.3 is 0 Å². The van der Waals surface area contributed by atoms with Crippen LogP contribution in [0.2, 0.25) is 5.15 Å². The Morgan fingerprint density at radius 3 is 2.81 bits per heavy atom. The number of thioether (sulfide) groups is 1. The summed E-state index contributed by atoms with van der Waals surface area (Å²) < 4.78 is 1.12. The van der Waals surface area contributed by atoms with Crippen molar-refractivity contribution in [3.8, 4) is 0 Å². The number of halogens is 1. The summed E-state index contributed by atoms with van der Waals surface area (Å²) in [5.41, 5.74) is 7.47. The fourth-order valence-corrected chi connectivity index (χ4v) is 3.10. The topological polar surface area (TPSA) is 64.7 Å². The molecule has 0 aliphatic rings. The third-order valence-corrected chi connectivity index (χ3v) is 4.37. The molecule has 2 aromatic heterocycles. The molecule has 0 unspecified atom stereocenters. The average Bonchev–Trinajstić information content (AvgIpc) is 2.57. The molecule has 0 aromatic carbocycles. The van der Waals surface area contributed by atoms with Crippen LogP contribution in [0.1, 0.15) is 11.4 Å². The third-order valence-electron chi connectivity index (χ3n) is 1.80. The number of nitrogens with zero attached hydrogens (tertiary/aromatic N) is 3. The molecule has 2 aromatic rings. The lowest BCUT2D eigenvalue weighted by atomic mass is 10.5. The standard InChI is InChI=1S/C9H9ClN4S2/c1-5-8(16-9(11)14-5)15-4-6-2-13-7(10)3-12-6/h2-3H,4H2,1H3,(H2,11,14). The van der Waals surface area contributed by atoms with Gasteiger partial charge in [0.05, 0.1) is 28.0 Å². The second kappa shape index (κ2) is 4.99. The van der Waals surface area contributed by atoms with Crippen molar-refractivity contribution in [1.82, 2.24) is 15.0 Å². The van der Waals surface area contributed by atoms with Gasteiger partial charge < -0.3 is 5.73 Å². The highest BCUT2D eigenvalue weighted by Gasteiger charge is 2.06. The highest BCUT2D eigenvalue weighted by atomic mass is 35.5. The summed E-state index contributed by atoms with van der Waals surface area (Å²) in [4.78, 5) is 12.3. The maximum absolute atomic E-state index is 5.65. The number of hydrogen-bond acceptors (Lipinski definition) is 6. The van der Waals surface area contributed by atoms with E-state index in [0.717, 1.165) is 21.3 Å². The van der Waals surface area contributed by atoms with Crippen LogP contribution in [0.5, 0.6) is 0 Å². The second-order valence-corrected chi connectivity index (χ2v) is 5.71. The summed E-state index contributed by atoms with van der Waals surface area (Å²) in [6.07, 6.45) is 3.22. The minimum atomic E-state index is 0.409. The number of rotatable bonds is 3. The maximum atomic E-state index is 5.65. The molecule has 2 N–H and O–H groups in total. The highest BCUT2D eigenvalue weighted by Crippen LogP contribution is 2.32.